The molecule has 1 fully saturated rings. The Morgan fingerprint density at radius 3 is 2.70 bits per heavy atom. The predicted octanol–water partition coefficient (Wildman–Crippen LogP) is 2.93. The van der Waals surface area contributed by atoms with E-state index >= 15 is 0 Å². The van der Waals surface area contributed by atoms with E-state index in [2.05, 4.69) is 10.6 Å². The Bertz CT molecular complexity index is 453. The number of hydrogen-bond acceptors (Lipinski definition) is 2. The van der Waals surface area contributed by atoms with Crippen molar-refractivity contribution >= 4 is 11.6 Å². The molecule has 0 saturated carbocycles. The molecule has 110 valence electrons. The van der Waals surface area contributed by atoms with Crippen molar-refractivity contribution in [3.05, 3.63) is 29.8 Å². The van der Waals surface area contributed by atoms with E-state index in [9.17, 15) is 13.6 Å². The minimum absolute atomic E-state index is 0.168. The Labute approximate surface area is 117 Å². The molecule has 20 heavy (non-hydrogen) atoms. The molecule has 0 bridgehead atoms. The molecule has 1 aliphatic heterocycles. The normalized spacial score (nSPS) is 20.4. The lowest BCUT2D eigenvalue weighted by Crippen LogP contribution is -2.34. The van der Waals surface area contributed by atoms with Gasteiger partial charge in [-0.2, -0.15) is 0 Å². The number of anilines is 1. The lowest BCUT2D eigenvalue weighted by atomic mass is 9.85. The van der Waals surface area contributed by atoms with Crippen LogP contribution in [0.1, 0.15) is 26.2 Å². The summed E-state index contributed by atoms with van der Waals surface area (Å²) in [7, 11) is 0. The molecule has 1 aromatic rings. The Balaban J connectivity index is 1.88. The fourth-order valence-corrected chi connectivity index (χ4v) is 2.66. The molecule has 5 heteroatoms. The predicted molar refractivity (Wildman–Crippen MR) is 74.4 cm³/mol. The number of benzene rings is 1. The second-order valence-electron chi connectivity index (χ2n) is 5.49. The van der Waals surface area contributed by atoms with Crippen molar-refractivity contribution in [1.82, 2.24) is 5.32 Å². The minimum Gasteiger partial charge on any atom is -0.326 e. The first kappa shape index (κ1) is 14.9. The standard InChI is InChI=1S/C15H20F2N2O/c1-10(11-3-2-4-18-9-11)5-15(20)19-14-7-12(16)6-13(17)8-14/h6-8,10-11,18H,2-5,9H2,1H3,(H,19,20). The van der Waals surface area contributed by atoms with Crippen LogP contribution in [0.4, 0.5) is 14.5 Å². The molecule has 1 heterocycles. The number of carbonyl (C=O) groups is 1. The van der Waals surface area contributed by atoms with E-state index in [0.717, 1.165) is 44.1 Å². The third kappa shape index (κ3) is 4.27. The molecule has 0 spiro atoms. The first-order chi connectivity index (χ1) is 9.54. The molecule has 2 atom stereocenters. The van der Waals surface area contributed by atoms with Gasteiger partial charge in [0.15, 0.2) is 0 Å². The monoisotopic (exact) mass is 282 g/mol. The van der Waals surface area contributed by atoms with Gasteiger partial charge in [0.1, 0.15) is 11.6 Å². The molecule has 0 aliphatic carbocycles. The Morgan fingerprint density at radius 1 is 1.40 bits per heavy atom. The number of rotatable bonds is 4. The minimum atomic E-state index is -0.690. The number of carbonyl (C=O) groups excluding carboxylic acids is 1. The van der Waals surface area contributed by atoms with Crippen molar-refractivity contribution in [1.29, 1.82) is 0 Å². The second-order valence-corrected chi connectivity index (χ2v) is 5.49. The van der Waals surface area contributed by atoms with Crippen molar-refractivity contribution in [3.8, 4) is 0 Å². The van der Waals surface area contributed by atoms with Gasteiger partial charge in [0.25, 0.3) is 0 Å². The molecule has 1 saturated heterocycles. The van der Waals surface area contributed by atoms with Crippen LogP contribution in [-0.2, 0) is 4.79 Å². The van der Waals surface area contributed by atoms with E-state index in [4.69, 9.17) is 0 Å². The maximum absolute atomic E-state index is 13.0. The average molecular weight is 282 g/mol. The van der Waals surface area contributed by atoms with Crippen LogP contribution in [0.5, 0.6) is 0 Å². The zero-order valence-electron chi connectivity index (χ0n) is 11.6. The summed E-state index contributed by atoms with van der Waals surface area (Å²) in [5.41, 5.74) is 0.168. The third-order valence-electron chi connectivity index (χ3n) is 3.79. The van der Waals surface area contributed by atoms with Gasteiger partial charge in [-0.25, -0.2) is 8.78 Å². The van der Waals surface area contributed by atoms with E-state index in [-0.39, 0.29) is 17.5 Å². The maximum atomic E-state index is 13.0. The smallest absolute Gasteiger partial charge is 0.224 e. The molecule has 1 aliphatic rings. The molecule has 0 aromatic heterocycles. The van der Waals surface area contributed by atoms with Crippen LogP contribution >= 0.6 is 0 Å². The topological polar surface area (TPSA) is 41.1 Å². The molecule has 3 nitrogen and oxygen atoms in total. The summed E-state index contributed by atoms with van der Waals surface area (Å²) in [6.45, 7) is 4.02. The van der Waals surface area contributed by atoms with Crippen molar-refractivity contribution in [3.63, 3.8) is 0 Å². The highest BCUT2D eigenvalue weighted by atomic mass is 19.1. The summed E-state index contributed by atoms with van der Waals surface area (Å²) in [4.78, 5) is 11.9. The summed E-state index contributed by atoms with van der Waals surface area (Å²) in [5.74, 6) is -0.845. The maximum Gasteiger partial charge on any atom is 0.224 e. The summed E-state index contributed by atoms with van der Waals surface area (Å²) in [5, 5.41) is 5.88. The molecule has 1 amide bonds. The lowest BCUT2D eigenvalue weighted by molar-refractivity contribution is -0.117. The van der Waals surface area contributed by atoms with Crippen LogP contribution < -0.4 is 10.6 Å². The second kappa shape index (κ2) is 6.79. The van der Waals surface area contributed by atoms with E-state index in [0.29, 0.717) is 12.3 Å². The van der Waals surface area contributed by atoms with E-state index in [1.165, 1.54) is 0 Å². The van der Waals surface area contributed by atoms with Crippen molar-refractivity contribution in [2.24, 2.45) is 11.8 Å². The van der Waals surface area contributed by atoms with Crippen LogP contribution in [-0.4, -0.2) is 19.0 Å². The van der Waals surface area contributed by atoms with Crippen LogP contribution in [0.3, 0.4) is 0 Å². The van der Waals surface area contributed by atoms with Gasteiger partial charge in [0.05, 0.1) is 0 Å². The van der Waals surface area contributed by atoms with E-state index < -0.39 is 11.6 Å². The number of piperidine rings is 1. The summed E-state index contributed by atoms with van der Waals surface area (Å²) in [6, 6.07) is 3.02. The van der Waals surface area contributed by atoms with E-state index in [1.54, 1.807) is 0 Å². The highest BCUT2D eigenvalue weighted by Crippen LogP contribution is 2.23. The average Bonchev–Trinajstić information content (AvgIpc) is 2.38. The Morgan fingerprint density at radius 2 is 2.10 bits per heavy atom. The Kier molecular flexibility index (Phi) is 5.06. The van der Waals surface area contributed by atoms with Gasteiger partial charge in [-0.1, -0.05) is 6.92 Å². The van der Waals surface area contributed by atoms with Crippen LogP contribution in [0, 0.1) is 23.5 Å². The van der Waals surface area contributed by atoms with Gasteiger partial charge in [0.2, 0.25) is 5.91 Å². The fourth-order valence-electron chi connectivity index (χ4n) is 2.66. The van der Waals surface area contributed by atoms with Crippen molar-refractivity contribution in [2.45, 2.75) is 26.2 Å². The summed E-state index contributed by atoms with van der Waals surface area (Å²) in [6.07, 6.45) is 2.62. The summed E-state index contributed by atoms with van der Waals surface area (Å²) < 4.78 is 26.1. The zero-order chi connectivity index (χ0) is 14.5. The largest absolute Gasteiger partial charge is 0.326 e. The van der Waals surface area contributed by atoms with Crippen molar-refractivity contribution < 1.29 is 13.6 Å². The van der Waals surface area contributed by atoms with Gasteiger partial charge < -0.3 is 10.6 Å². The first-order valence-electron chi connectivity index (χ1n) is 7.01. The molecule has 1 aromatic carbocycles. The third-order valence-corrected chi connectivity index (χ3v) is 3.79. The van der Waals surface area contributed by atoms with Crippen LogP contribution in [0.25, 0.3) is 0 Å². The number of nitrogens with one attached hydrogen (secondary N) is 2. The molecular weight excluding hydrogens is 262 g/mol. The molecule has 2 unspecified atom stereocenters. The van der Waals surface area contributed by atoms with Gasteiger partial charge in [-0.15, -0.1) is 0 Å². The highest BCUT2D eigenvalue weighted by Gasteiger charge is 2.22. The van der Waals surface area contributed by atoms with Crippen LogP contribution in [0.2, 0.25) is 0 Å². The lowest BCUT2D eigenvalue weighted by Gasteiger charge is -2.28. The van der Waals surface area contributed by atoms with Gasteiger partial charge >= 0.3 is 0 Å². The number of amides is 1. The number of halogens is 2. The quantitative estimate of drug-likeness (QED) is 0.891. The molecule has 2 N–H and O–H groups in total. The molecule has 0 radical (unpaired) electrons. The molecule has 2 rings (SSSR count). The van der Waals surface area contributed by atoms with Crippen LogP contribution in [0.15, 0.2) is 18.2 Å². The zero-order valence-corrected chi connectivity index (χ0v) is 11.6. The number of hydrogen-bond donors (Lipinski definition) is 2. The van der Waals surface area contributed by atoms with Gasteiger partial charge in [-0.05, 0) is 49.9 Å². The van der Waals surface area contributed by atoms with E-state index in [1.807, 2.05) is 6.92 Å². The van der Waals surface area contributed by atoms with Gasteiger partial charge in [-0.3, -0.25) is 4.79 Å². The SMILES string of the molecule is CC(CC(=O)Nc1cc(F)cc(F)c1)C1CCCNC1. The summed E-state index contributed by atoms with van der Waals surface area (Å²) >= 11 is 0. The fraction of sp³-hybridized carbons (Fsp3) is 0.533. The Hall–Kier alpha value is -1.49. The van der Waals surface area contributed by atoms with Gasteiger partial charge in [0, 0.05) is 18.2 Å². The van der Waals surface area contributed by atoms with Crippen molar-refractivity contribution in [2.75, 3.05) is 18.4 Å². The first-order valence-corrected chi connectivity index (χ1v) is 7.01. The molecular formula is C15H20F2N2O. The highest BCUT2D eigenvalue weighted by molar-refractivity contribution is 5.90.